The molecule has 6 heteroatoms. The van der Waals surface area contributed by atoms with E-state index in [1.165, 1.54) is 23.1 Å². The van der Waals surface area contributed by atoms with Crippen LogP contribution in [0.25, 0.3) is 0 Å². The normalized spacial score (nSPS) is 22.2. The van der Waals surface area contributed by atoms with Crippen molar-refractivity contribution in [2.24, 2.45) is 0 Å². The maximum absolute atomic E-state index is 13.9. The van der Waals surface area contributed by atoms with E-state index >= 15 is 0 Å². The van der Waals surface area contributed by atoms with Crippen LogP contribution in [0.5, 0.6) is 0 Å². The predicted molar refractivity (Wildman–Crippen MR) is 74.5 cm³/mol. The van der Waals surface area contributed by atoms with Gasteiger partial charge in [0.2, 0.25) is 5.91 Å². The van der Waals surface area contributed by atoms with Crippen molar-refractivity contribution in [3.05, 3.63) is 29.6 Å². The number of benzene rings is 1. The van der Waals surface area contributed by atoms with Crippen LogP contribution in [0.15, 0.2) is 18.2 Å². The Labute approximate surface area is 122 Å². The number of hydrogen-bond acceptors (Lipinski definition) is 3. The summed E-state index contributed by atoms with van der Waals surface area (Å²) in [6.45, 7) is 1.25. The maximum atomic E-state index is 13.9. The molecular formula is C15H17FN2O3. The summed E-state index contributed by atoms with van der Waals surface area (Å²) in [4.78, 5) is 27.1. The third-order valence-corrected chi connectivity index (χ3v) is 4.02. The second kappa shape index (κ2) is 5.44. The number of nitrogens with zero attached hydrogens (tertiary/aromatic N) is 2. The van der Waals surface area contributed by atoms with Gasteiger partial charge in [-0.15, -0.1) is 0 Å². The molecule has 2 heterocycles. The van der Waals surface area contributed by atoms with Crippen molar-refractivity contribution in [1.82, 2.24) is 4.90 Å². The predicted octanol–water partition coefficient (Wildman–Crippen LogP) is 1.16. The highest BCUT2D eigenvalue weighted by Gasteiger charge is 2.28. The number of carbonyl (C=O) groups excluding carboxylic acids is 2. The number of β-amino-alcohol motifs (C(OH)–C–C–N with tert-alkyl or cyclic N) is 1. The van der Waals surface area contributed by atoms with Crippen LogP contribution < -0.4 is 4.90 Å². The van der Waals surface area contributed by atoms with Crippen molar-refractivity contribution < 1.29 is 19.1 Å². The minimum atomic E-state index is -0.600. The first-order valence-corrected chi connectivity index (χ1v) is 7.13. The summed E-state index contributed by atoms with van der Waals surface area (Å²) < 4.78 is 13.9. The molecule has 112 valence electrons. The number of halogens is 1. The summed E-state index contributed by atoms with van der Waals surface area (Å²) in [5.74, 6) is -1.04. The number of likely N-dealkylation sites (tertiary alicyclic amines) is 1. The molecule has 0 spiro atoms. The fourth-order valence-corrected chi connectivity index (χ4v) is 2.86. The highest BCUT2D eigenvalue weighted by molar-refractivity contribution is 5.99. The topological polar surface area (TPSA) is 60.9 Å². The first-order chi connectivity index (χ1) is 10.1. The van der Waals surface area contributed by atoms with E-state index in [1.807, 2.05) is 0 Å². The van der Waals surface area contributed by atoms with Gasteiger partial charge in [0.25, 0.3) is 5.91 Å². The first-order valence-electron chi connectivity index (χ1n) is 7.13. The third kappa shape index (κ3) is 2.63. The number of aliphatic hydroxyl groups is 1. The van der Waals surface area contributed by atoms with E-state index < -0.39 is 17.8 Å². The Morgan fingerprint density at radius 1 is 1.33 bits per heavy atom. The SMILES string of the molecule is O=C(c1cc(N2CCCC2=O)ccc1F)N1CC[C@@H](O)C1. The summed E-state index contributed by atoms with van der Waals surface area (Å²) in [7, 11) is 0. The molecule has 2 fully saturated rings. The number of aliphatic hydroxyl groups excluding tert-OH is 1. The molecule has 0 bridgehead atoms. The molecule has 1 atom stereocenters. The monoisotopic (exact) mass is 292 g/mol. The Morgan fingerprint density at radius 3 is 2.76 bits per heavy atom. The summed E-state index contributed by atoms with van der Waals surface area (Å²) in [5, 5.41) is 9.49. The van der Waals surface area contributed by atoms with E-state index in [9.17, 15) is 19.1 Å². The molecule has 2 saturated heterocycles. The Hall–Kier alpha value is -1.95. The van der Waals surface area contributed by atoms with Crippen LogP contribution >= 0.6 is 0 Å². The lowest BCUT2D eigenvalue weighted by molar-refractivity contribution is -0.117. The summed E-state index contributed by atoms with van der Waals surface area (Å²) in [6.07, 6.45) is 1.23. The number of hydrogen-bond donors (Lipinski definition) is 1. The van der Waals surface area contributed by atoms with Crippen molar-refractivity contribution in [2.75, 3.05) is 24.5 Å². The lowest BCUT2D eigenvalue weighted by atomic mass is 10.1. The van der Waals surface area contributed by atoms with Crippen molar-refractivity contribution >= 4 is 17.5 Å². The van der Waals surface area contributed by atoms with Gasteiger partial charge in [-0.3, -0.25) is 9.59 Å². The van der Waals surface area contributed by atoms with Crippen LogP contribution in [0.4, 0.5) is 10.1 Å². The molecule has 2 aliphatic rings. The maximum Gasteiger partial charge on any atom is 0.256 e. The Kier molecular flexibility index (Phi) is 3.63. The number of carbonyl (C=O) groups is 2. The molecule has 3 rings (SSSR count). The van der Waals surface area contributed by atoms with E-state index in [2.05, 4.69) is 0 Å². The molecule has 1 aromatic rings. The van der Waals surface area contributed by atoms with Gasteiger partial charge >= 0.3 is 0 Å². The molecule has 2 aliphatic heterocycles. The highest BCUT2D eigenvalue weighted by atomic mass is 19.1. The van der Waals surface area contributed by atoms with Crippen LogP contribution in [0.2, 0.25) is 0 Å². The van der Waals surface area contributed by atoms with Crippen LogP contribution in [0.3, 0.4) is 0 Å². The van der Waals surface area contributed by atoms with Gasteiger partial charge in [0.05, 0.1) is 11.7 Å². The minimum absolute atomic E-state index is 0.00315. The number of anilines is 1. The summed E-state index contributed by atoms with van der Waals surface area (Å²) in [6, 6.07) is 4.18. The Balaban J connectivity index is 1.87. The molecule has 0 unspecified atom stereocenters. The fraction of sp³-hybridized carbons (Fsp3) is 0.467. The molecule has 5 nitrogen and oxygen atoms in total. The Bertz CT molecular complexity index is 590. The second-order valence-electron chi connectivity index (χ2n) is 5.51. The molecule has 2 amide bonds. The van der Waals surface area contributed by atoms with Crippen molar-refractivity contribution in [3.8, 4) is 0 Å². The average molecular weight is 292 g/mol. The van der Waals surface area contributed by atoms with Crippen molar-refractivity contribution in [3.63, 3.8) is 0 Å². The van der Waals surface area contributed by atoms with Crippen molar-refractivity contribution in [2.45, 2.75) is 25.4 Å². The molecule has 0 saturated carbocycles. The van der Waals surface area contributed by atoms with Crippen LogP contribution in [0, 0.1) is 5.82 Å². The Morgan fingerprint density at radius 2 is 2.14 bits per heavy atom. The van der Waals surface area contributed by atoms with Crippen molar-refractivity contribution in [1.29, 1.82) is 0 Å². The quantitative estimate of drug-likeness (QED) is 0.890. The van der Waals surface area contributed by atoms with Gasteiger partial charge in [-0.05, 0) is 31.0 Å². The standard InChI is InChI=1S/C15H17FN2O3/c16-13-4-3-10(18-6-1-2-14(18)20)8-12(13)15(21)17-7-5-11(19)9-17/h3-4,8,11,19H,1-2,5-7,9H2/t11-/m1/s1. The summed E-state index contributed by atoms with van der Waals surface area (Å²) >= 11 is 0. The zero-order valence-corrected chi connectivity index (χ0v) is 11.6. The van der Waals surface area contributed by atoms with Crippen LogP contribution in [0.1, 0.15) is 29.6 Å². The molecule has 1 N–H and O–H groups in total. The molecule has 1 aromatic carbocycles. The zero-order chi connectivity index (χ0) is 15.0. The van der Waals surface area contributed by atoms with E-state index in [1.54, 1.807) is 4.90 Å². The summed E-state index contributed by atoms with van der Waals surface area (Å²) in [5.41, 5.74) is 0.517. The minimum Gasteiger partial charge on any atom is -0.391 e. The number of amides is 2. The highest BCUT2D eigenvalue weighted by Crippen LogP contribution is 2.25. The van der Waals surface area contributed by atoms with Gasteiger partial charge < -0.3 is 14.9 Å². The van der Waals surface area contributed by atoms with Gasteiger partial charge in [0, 0.05) is 31.7 Å². The van der Waals surface area contributed by atoms with Gasteiger partial charge in [0.1, 0.15) is 5.82 Å². The molecule has 0 aliphatic carbocycles. The smallest absolute Gasteiger partial charge is 0.256 e. The second-order valence-corrected chi connectivity index (χ2v) is 5.51. The van der Waals surface area contributed by atoms with Gasteiger partial charge in [-0.25, -0.2) is 4.39 Å². The van der Waals surface area contributed by atoms with Gasteiger partial charge in [0.15, 0.2) is 0 Å². The largest absolute Gasteiger partial charge is 0.391 e. The first kappa shape index (κ1) is 14.0. The van der Waals surface area contributed by atoms with Crippen LogP contribution in [-0.2, 0) is 4.79 Å². The van der Waals surface area contributed by atoms with Crippen LogP contribution in [-0.4, -0.2) is 47.6 Å². The van der Waals surface area contributed by atoms with Gasteiger partial charge in [-0.1, -0.05) is 0 Å². The molecule has 0 radical (unpaired) electrons. The average Bonchev–Trinajstić information content (AvgIpc) is 3.07. The molecule has 0 aromatic heterocycles. The lowest BCUT2D eigenvalue weighted by Gasteiger charge is -2.19. The van der Waals surface area contributed by atoms with E-state index in [-0.39, 0.29) is 18.0 Å². The fourth-order valence-electron chi connectivity index (χ4n) is 2.86. The third-order valence-electron chi connectivity index (χ3n) is 4.02. The van der Waals surface area contributed by atoms with E-state index in [0.29, 0.717) is 31.6 Å². The van der Waals surface area contributed by atoms with E-state index in [4.69, 9.17) is 0 Å². The zero-order valence-electron chi connectivity index (χ0n) is 11.6. The van der Waals surface area contributed by atoms with Gasteiger partial charge in [-0.2, -0.15) is 0 Å². The lowest BCUT2D eigenvalue weighted by Crippen LogP contribution is -2.31. The molecular weight excluding hydrogens is 275 g/mol. The number of rotatable bonds is 2. The molecule has 21 heavy (non-hydrogen) atoms. The van der Waals surface area contributed by atoms with E-state index in [0.717, 1.165) is 6.42 Å².